The monoisotopic (exact) mass is 628 g/mol. The molecule has 0 saturated carbocycles. The van der Waals surface area contributed by atoms with Crippen molar-refractivity contribution in [3.8, 4) is 0 Å². The van der Waals surface area contributed by atoms with Gasteiger partial charge in [0.1, 0.15) is 35.5 Å². The summed E-state index contributed by atoms with van der Waals surface area (Å²) in [5.74, 6) is 0. The van der Waals surface area contributed by atoms with Gasteiger partial charge in [-0.2, -0.15) is 0 Å². The summed E-state index contributed by atoms with van der Waals surface area (Å²) in [7, 11) is -2.32. The van der Waals surface area contributed by atoms with E-state index >= 15 is 0 Å². The molecule has 0 aromatic heterocycles. The minimum absolute atomic E-state index is 0.0373. The van der Waals surface area contributed by atoms with E-state index < -0.39 is 43.8 Å². The third kappa shape index (κ3) is 6.90. The van der Waals surface area contributed by atoms with Gasteiger partial charge in [-0.05, 0) is 47.0 Å². The molecule has 0 unspecified atom stereocenters. The van der Waals surface area contributed by atoms with Gasteiger partial charge in [-0.3, -0.25) is 0 Å². The highest BCUT2D eigenvalue weighted by Gasteiger charge is 2.51. The minimum Gasteiger partial charge on any atom is -0.408 e. The van der Waals surface area contributed by atoms with Crippen LogP contribution in [0.3, 0.4) is 0 Å². The van der Waals surface area contributed by atoms with Crippen LogP contribution in [0, 0.1) is 0 Å². The van der Waals surface area contributed by atoms with E-state index in [4.69, 9.17) is 13.9 Å². The fourth-order valence-electron chi connectivity index (χ4n) is 5.39. The molecule has 4 aromatic carbocycles. The molecule has 1 saturated heterocycles. The van der Waals surface area contributed by atoms with Gasteiger partial charge in [-0.1, -0.05) is 142 Å². The minimum atomic E-state index is -2.32. The quantitative estimate of drug-likeness (QED) is 0.139. The smallest absolute Gasteiger partial charge is 0.192 e. The SMILES string of the molecule is CC(C)(C)[Si](C)(C)O[C@@H]1[C@@H](O)[C@@H](O)[C@@H](COC(c2ccccc2)(c2ccccc2)c2ccccc2)O[C@H]1Sc1ccccc1. The molecule has 0 amide bonds. The molecule has 0 radical (unpaired) electrons. The molecule has 2 N–H and O–H groups in total. The molecule has 4 aromatic rings. The van der Waals surface area contributed by atoms with Crippen LogP contribution in [0.15, 0.2) is 126 Å². The first kappa shape index (κ1) is 32.6. The van der Waals surface area contributed by atoms with Gasteiger partial charge in [-0.25, -0.2) is 0 Å². The van der Waals surface area contributed by atoms with Crippen LogP contribution in [0.4, 0.5) is 0 Å². The lowest BCUT2D eigenvalue weighted by molar-refractivity contribution is -0.212. The summed E-state index contributed by atoms with van der Waals surface area (Å²) in [5.41, 5.74) is 1.33. The van der Waals surface area contributed by atoms with E-state index in [0.717, 1.165) is 21.6 Å². The Kier molecular flexibility index (Phi) is 10.2. The predicted octanol–water partition coefficient (Wildman–Crippen LogP) is 7.62. The van der Waals surface area contributed by atoms with Crippen molar-refractivity contribution in [2.24, 2.45) is 0 Å². The van der Waals surface area contributed by atoms with Crippen molar-refractivity contribution < 1.29 is 24.1 Å². The molecule has 0 aliphatic carbocycles. The van der Waals surface area contributed by atoms with Gasteiger partial charge >= 0.3 is 0 Å². The van der Waals surface area contributed by atoms with E-state index in [9.17, 15) is 10.2 Å². The number of benzene rings is 4. The van der Waals surface area contributed by atoms with E-state index in [2.05, 4.69) is 70.3 Å². The molecule has 5 atom stereocenters. The van der Waals surface area contributed by atoms with Crippen LogP contribution in [0.1, 0.15) is 37.5 Å². The maximum absolute atomic E-state index is 11.7. The maximum Gasteiger partial charge on any atom is 0.192 e. The van der Waals surface area contributed by atoms with Crippen LogP contribution in [0.25, 0.3) is 0 Å². The van der Waals surface area contributed by atoms with Gasteiger partial charge in [0, 0.05) is 4.90 Å². The molecule has 0 spiro atoms. The lowest BCUT2D eigenvalue weighted by Gasteiger charge is -2.48. The lowest BCUT2D eigenvalue weighted by atomic mass is 9.80. The predicted molar refractivity (Wildman–Crippen MR) is 180 cm³/mol. The molecule has 232 valence electrons. The van der Waals surface area contributed by atoms with Crippen molar-refractivity contribution in [2.75, 3.05) is 6.61 Å². The molecule has 5 nitrogen and oxygen atoms in total. The molecule has 1 aliphatic heterocycles. The molecule has 7 heteroatoms. The van der Waals surface area contributed by atoms with Crippen LogP contribution >= 0.6 is 11.8 Å². The van der Waals surface area contributed by atoms with Crippen molar-refractivity contribution >= 4 is 20.1 Å². The van der Waals surface area contributed by atoms with Crippen molar-refractivity contribution in [1.82, 2.24) is 0 Å². The first-order valence-electron chi connectivity index (χ1n) is 15.2. The Morgan fingerprint density at radius 1 is 0.682 bits per heavy atom. The Balaban J connectivity index is 1.51. The molecule has 1 heterocycles. The zero-order valence-corrected chi connectivity index (χ0v) is 28.0. The highest BCUT2D eigenvalue weighted by atomic mass is 32.2. The topological polar surface area (TPSA) is 68.2 Å². The summed E-state index contributed by atoms with van der Waals surface area (Å²) in [6, 6.07) is 40.3. The Bertz CT molecular complexity index is 1350. The lowest BCUT2D eigenvalue weighted by Crippen LogP contribution is -2.62. The normalized spacial score (nSPS) is 22.9. The molecule has 1 fully saturated rings. The first-order chi connectivity index (χ1) is 21.0. The average molecular weight is 629 g/mol. The second-order valence-corrected chi connectivity index (χ2v) is 18.8. The summed E-state index contributed by atoms with van der Waals surface area (Å²) < 4.78 is 20.4. The second-order valence-electron chi connectivity index (χ2n) is 12.9. The van der Waals surface area contributed by atoms with E-state index in [0.29, 0.717) is 0 Å². The number of hydrogen-bond donors (Lipinski definition) is 2. The van der Waals surface area contributed by atoms with Crippen molar-refractivity contribution in [3.05, 3.63) is 138 Å². The van der Waals surface area contributed by atoms with Gasteiger partial charge in [0.15, 0.2) is 8.32 Å². The van der Waals surface area contributed by atoms with Gasteiger partial charge < -0.3 is 24.1 Å². The number of aliphatic hydroxyl groups is 2. The Morgan fingerprint density at radius 2 is 1.11 bits per heavy atom. The number of thioether (sulfide) groups is 1. The molecule has 0 bridgehead atoms. The molecule has 44 heavy (non-hydrogen) atoms. The van der Waals surface area contributed by atoms with E-state index in [1.165, 1.54) is 11.8 Å². The number of hydrogen-bond acceptors (Lipinski definition) is 6. The summed E-state index contributed by atoms with van der Waals surface area (Å²) in [4.78, 5) is 0.997. The summed E-state index contributed by atoms with van der Waals surface area (Å²) in [6.45, 7) is 10.8. The largest absolute Gasteiger partial charge is 0.408 e. The van der Waals surface area contributed by atoms with Crippen molar-refractivity contribution in [2.45, 2.75) is 79.3 Å². The van der Waals surface area contributed by atoms with E-state index in [-0.39, 0.29) is 11.6 Å². The van der Waals surface area contributed by atoms with Crippen LogP contribution in [-0.2, 0) is 19.5 Å². The fourth-order valence-corrected chi connectivity index (χ4v) is 7.92. The maximum atomic E-state index is 11.7. The van der Waals surface area contributed by atoms with Gasteiger partial charge in [0.2, 0.25) is 0 Å². The zero-order chi connectivity index (χ0) is 31.4. The summed E-state index contributed by atoms with van der Waals surface area (Å²) in [6.07, 6.45) is -3.89. The number of aliphatic hydroxyl groups excluding tert-OH is 2. The second kappa shape index (κ2) is 13.7. The van der Waals surface area contributed by atoms with Crippen LogP contribution in [0.2, 0.25) is 18.1 Å². The van der Waals surface area contributed by atoms with Crippen molar-refractivity contribution in [1.29, 1.82) is 0 Å². The van der Waals surface area contributed by atoms with Crippen LogP contribution in [-0.4, -0.2) is 55.0 Å². The van der Waals surface area contributed by atoms with Crippen LogP contribution < -0.4 is 0 Å². The molecular formula is C37H44O5SSi. The third-order valence-corrected chi connectivity index (χ3v) is 14.5. The third-order valence-electron chi connectivity index (χ3n) is 8.88. The molecule has 5 rings (SSSR count). The zero-order valence-electron chi connectivity index (χ0n) is 26.2. The Hall–Kier alpha value is -2.75. The summed E-state index contributed by atoms with van der Waals surface area (Å²) in [5, 5.41) is 23.2. The number of rotatable bonds is 10. The van der Waals surface area contributed by atoms with E-state index in [1.54, 1.807) is 0 Å². The highest BCUT2D eigenvalue weighted by Crippen LogP contribution is 2.44. The Morgan fingerprint density at radius 3 is 1.55 bits per heavy atom. The highest BCUT2D eigenvalue weighted by molar-refractivity contribution is 7.99. The van der Waals surface area contributed by atoms with Gasteiger partial charge in [0.05, 0.1) is 6.61 Å². The van der Waals surface area contributed by atoms with E-state index in [1.807, 2.05) is 84.9 Å². The van der Waals surface area contributed by atoms with Gasteiger partial charge in [-0.15, -0.1) is 0 Å². The molecular weight excluding hydrogens is 585 g/mol. The van der Waals surface area contributed by atoms with Crippen molar-refractivity contribution in [3.63, 3.8) is 0 Å². The molecule has 1 aliphatic rings. The summed E-state index contributed by atoms with van der Waals surface area (Å²) >= 11 is 1.50. The number of ether oxygens (including phenoxy) is 2. The van der Waals surface area contributed by atoms with Gasteiger partial charge in [0.25, 0.3) is 0 Å². The standard InChI is InChI=1S/C37H44O5SSi/c1-36(2,3)44(4,5)42-34-33(39)32(38)31(41-35(34)43-30-24-16-9-17-25-30)26-40-37(27-18-10-6-11-19-27,28-20-12-7-13-21-28)29-22-14-8-15-23-29/h6-25,31-35,38-39H,26H2,1-5H3/t31-,32+,33+,34-,35+/m1/s1. The Labute approximate surface area is 267 Å². The average Bonchev–Trinajstić information content (AvgIpc) is 3.03. The first-order valence-corrected chi connectivity index (χ1v) is 19.0. The fraction of sp³-hybridized carbons (Fsp3) is 0.351. The van der Waals surface area contributed by atoms with Crippen LogP contribution in [0.5, 0.6) is 0 Å².